The van der Waals surface area contributed by atoms with E-state index in [1.807, 2.05) is 0 Å². The summed E-state index contributed by atoms with van der Waals surface area (Å²) < 4.78 is 5.13. The third-order valence-corrected chi connectivity index (χ3v) is 3.81. The van der Waals surface area contributed by atoms with Crippen LogP contribution in [0.5, 0.6) is 0 Å². The Morgan fingerprint density at radius 1 is 1.43 bits per heavy atom. The first kappa shape index (κ1) is 15.5. The molecule has 0 atom stereocenters. The number of hydrogen-bond donors (Lipinski definition) is 2. The number of aromatic carboxylic acids is 1. The van der Waals surface area contributed by atoms with Gasteiger partial charge < -0.3 is 9.84 Å². The number of carboxylic acids is 1. The van der Waals surface area contributed by atoms with Crippen molar-refractivity contribution in [3.8, 4) is 0 Å². The first-order valence-corrected chi connectivity index (χ1v) is 7.51. The molecule has 0 spiro atoms. The van der Waals surface area contributed by atoms with Crippen LogP contribution >= 0.6 is 11.3 Å². The van der Waals surface area contributed by atoms with Crippen LogP contribution in [0, 0.1) is 0 Å². The molecular formula is C14H18N2O4S. The molecule has 114 valence electrons. The lowest BCUT2D eigenvalue weighted by molar-refractivity contribution is 0.0636. The Bertz CT molecular complexity index is 599. The third-order valence-electron chi connectivity index (χ3n) is 2.76. The van der Waals surface area contributed by atoms with Crippen LogP contribution in [0.4, 0.5) is 9.80 Å². The van der Waals surface area contributed by atoms with E-state index >= 15 is 0 Å². The zero-order valence-corrected chi connectivity index (χ0v) is 13.0. The Morgan fingerprint density at radius 2 is 2.14 bits per heavy atom. The maximum Gasteiger partial charge on any atom is 0.412 e. The molecule has 7 heteroatoms. The van der Waals surface area contributed by atoms with Crippen LogP contribution in [-0.2, 0) is 4.74 Å². The molecule has 0 fully saturated rings. The summed E-state index contributed by atoms with van der Waals surface area (Å²) in [4.78, 5) is 27.1. The SMILES string of the molecule is CC(C)(C)OC(=O)Nc1sc(C2=CCCC2)nc1C(=O)O. The summed E-state index contributed by atoms with van der Waals surface area (Å²) in [6, 6.07) is 0. The van der Waals surface area contributed by atoms with E-state index in [0.29, 0.717) is 5.01 Å². The Hall–Kier alpha value is -1.89. The van der Waals surface area contributed by atoms with E-state index in [4.69, 9.17) is 4.74 Å². The van der Waals surface area contributed by atoms with Crippen LogP contribution in [0.3, 0.4) is 0 Å². The number of nitrogens with zero attached hydrogens (tertiary/aromatic N) is 1. The second-order valence-corrected chi connectivity index (χ2v) is 6.75. The smallest absolute Gasteiger partial charge is 0.412 e. The highest BCUT2D eigenvalue weighted by Crippen LogP contribution is 2.35. The monoisotopic (exact) mass is 310 g/mol. The first-order valence-electron chi connectivity index (χ1n) is 6.70. The molecule has 0 saturated heterocycles. The minimum absolute atomic E-state index is 0.145. The fourth-order valence-corrected chi connectivity index (χ4v) is 2.96. The van der Waals surface area contributed by atoms with E-state index in [2.05, 4.69) is 16.4 Å². The van der Waals surface area contributed by atoms with Crippen molar-refractivity contribution >= 4 is 34.0 Å². The van der Waals surface area contributed by atoms with Crippen LogP contribution in [0.1, 0.15) is 55.5 Å². The average Bonchev–Trinajstić information content (AvgIpc) is 2.93. The zero-order chi connectivity index (χ0) is 15.6. The molecule has 1 heterocycles. The molecule has 0 saturated carbocycles. The molecule has 0 radical (unpaired) electrons. The summed E-state index contributed by atoms with van der Waals surface area (Å²) in [5, 5.41) is 12.5. The summed E-state index contributed by atoms with van der Waals surface area (Å²) in [6.45, 7) is 5.23. The summed E-state index contributed by atoms with van der Waals surface area (Å²) >= 11 is 1.17. The van der Waals surface area contributed by atoms with Crippen molar-refractivity contribution in [1.29, 1.82) is 0 Å². The molecule has 6 nitrogen and oxygen atoms in total. The Morgan fingerprint density at radius 3 is 2.67 bits per heavy atom. The number of thiazole rings is 1. The summed E-state index contributed by atoms with van der Waals surface area (Å²) in [7, 11) is 0. The van der Waals surface area contributed by atoms with Gasteiger partial charge in [-0.25, -0.2) is 14.6 Å². The number of carbonyl (C=O) groups excluding carboxylic acids is 1. The van der Waals surface area contributed by atoms with Gasteiger partial charge in [-0.3, -0.25) is 5.32 Å². The predicted molar refractivity (Wildman–Crippen MR) is 80.8 cm³/mol. The van der Waals surface area contributed by atoms with Gasteiger partial charge in [0, 0.05) is 0 Å². The predicted octanol–water partition coefficient (Wildman–Crippen LogP) is 3.76. The molecule has 1 amide bonds. The lowest BCUT2D eigenvalue weighted by atomic mass is 10.2. The number of hydrogen-bond acceptors (Lipinski definition) is 5. The largest absolute Gasteiger partial charge is 0.476 e. The second-order valence-electron chi connectivity index (χ2n) is 5.75. The van der Waals surface area contributed by atoms with Crippen LogP contribution in [0.15, 0.2) is 6.08 Å². The summed E-state index contributed by atoms with van der Waals surface area (Å²) in [5.74, 6) is -1.16. The zero-order valence-electron chi connectivity index (χ0n) is 12.2. The summed E-state index contributed by atoms with van der Waals surface area (Å²) in [6.07, 6.45) is 4.29. The van der Waals surface area contributed by atoms with E-state index in [-0.39, 0.29) is 10.7 Å². The molecule has 2 rings (SSSR count). The van der Waals surface area contributed by atoms with Crippen molar-refractivity contribution in [2.75, 3.05) is 5.32 Å². The third kappa shape index (κ3) is 4.04. The van der Waals surface area contributed by atoms with Gasteiger partial charge in [0.25, 0.3) is 0 Å². The maximum absolute atomic E-state index is 11.8. The van der Waals surface area contributed by atoms with Gasteiger partial charge in [0.05, 0.1) is 0 Å². The van der Waals surface area contributed by atoms with Gasteiger partial charge in [0.15, 0.2) is 5.69 Å². The molecular weight excluding hydrogens is 292 g/mol. The van der Waals surface area contributed by atoms with Crippen molar-refractivity contribution in [2.45, 2.75) is 45.6 Å². The fraction of sp³-hybridized carbons (Fsp3) is 0.500. The highest BCUT2D eigenvalue weighted by atomic mass is 32.1. The molecule has 21 heavy (non-hydrogen) atoms. The van der Waals surface area contributed by atoms with Gasteiger partial charge in [0.1, 0.15) is 15.6 Å². The Balaban J connectivity index is 2.21. The van der Waals surface area contributed by atoms with Crippen molar-refractivity contribution in [3.05, 3.63) is 16.8 Å². The lowest BCUT2D eigenvalue weighted by Crippen LogP contribution is -2.27. The van der Waals surface area contributed by atoms with E-state index < -0.39 is 17.7 Å². The van der Waals surface area contributed by atoms with E-state index in [0.717, 1.165) is 24.8 Å². The molecule has 0 bridgehead atoms. The first-order chi connectivity index (χ1) is 9.76. The van der Waals surface area contributed by atoms with Gasteiger partial charge in [-0.15, -0.1) is 0 Å². The molecule has 1 aliphatic rings. The number of aromatic nitrogens is 1. The molecule has 0 unspecified atom stereocenters. The fourth-order valence-electron chi connectivity index (χ4n) is 1.95. The number of allylic oxidation sites excluding steroid dienone is 2. The standard InChI is InChI=1S/C14H18N2O4S/c1-14(2,3)20-13(19)16-11-9(12(17)18)15-10(21-11)8-6-4-5-7-8/h6H,4-5,7H2,1-3H3,(H,16,19)(H,17,18). The number of rotatable bonds is 3. The van der Waals surface area contributed by atoms with Crippen LogP contribution < -0.4 is 5.32 Å². The van der Waals surface area contributed by atoms with Crippen molar-refractivity contribution in [3.63, 3.8) is 0 Å². The number of ether oxygens (including phenoxy) is 1. The second kappa shape index (κ2) is 5.85. The number of carboxylic acid groups (broad SMARTS) is 1. The minimum Gasteiger partial charge on any atom is -0.476 e. The Labute approximate surface area is 126 Å². The van der Waals surface area contributed by atoms with Gasteiger partial charge >= 0.3 is 12.1 Å². The number of amides is 1. The normalized spacial score (nSPS) is 14.7. The summed E-state index contributed by atoms with van der Waals surface area (Å²) in [5.41, 5.74) is 0.253. The number of anilines is 1. The maximum atomic E-state index is 11.8. The number of nitrogens with one attached hydrogen (secondary N) is 1. The minimum atomic E-state index is -1.16. The molecule has 1 aromatic heterocycles. The molecule has 0 aromatic carbocycles. The highest BCUT2D eigenvalue weighted by Gasteiger charge is 2.24. The quantitative estimate of drug-likeness (QED) is 0.887. The molecule has 2 N–H and O–H groups in total. The van der Waals surface area contributed by atoms with Crippen LogP contribution in [0.2, 0.25) is 0 Å². The van der Waals surface area contributed by atoms with Crippen molar-refractivity contribution < 1.29 is 19.4 Å². The topological polar surface area (TPSA) is 88.5 Å². The number of carbonyl (C=O) groups is 2. The van der Waals surface area contributed by atoms with Gasteiger partial charge in [-0.05, 0) is 45.6 Å². The van der Waals surface area contributed by atoms with Gasteiger partial charge in [-0.2, -0.15) is 0 Å². The van der Waals surface area contributed by atoms with Gasteiger partial charge in [-0.1, -0.05) is 17.4 Å². The molecule has 1 aliphatic carbocycles. The molecule has 0 aliphatic heterocycles. The van der Waals surface area contributed by atoms with Crippen LogP contribution in [0.25, 0.3) is 5.57 Å². The van der Waals surface area contributed by atoms with E-state index in [1.54, 1.807) is 20.8 Å². The van der Waals surface area contributed by atoms with Crippen LogP contribution in [-0.4, -0.2) is 27.8 Å². The lowest BCUT2D eigenvalue weighted by Gasteiger charge is -2.19. The Kier molecular flexibility index (Phi) is 4.32. The highest BCUT2D eigenvalue weighted by molar-refractivity contribution is 7.17. The van der Waals surface area contributed by atoms with Gasteiger partial charge in [0.2, 0.25) is 0 Å². The van der Waals surface area contributed by atoms with Crippen molar-refractivity contribution in [2.24, 2.45) is 0 Å². The van der Waals surface area contributed by atoms with E-state index in [9.17, 15) is 14.7 Å². The van der Waals surface area contributed by atoms with E-state index in [1.165, 1.54) is 11.3 Å². The average molecular weight is 310 g/mol. The molecule has 1 aromatic rings. The van der Waals surface area contributed by atoms with Crippen molar-refractivity contribution in [1.82, 2.24) is 4.98 Å².